The molecule has 158 valence electrons. The monoisotopic (exact) mass is 430 g/mol. The first kappa shape index (κ1) is 20.8. The van der Waals surface area contributed by atoms with E-state index in [1.165, 1.54) is 6.07 Å². The number of hydrogen-bond donors (Lipinski definition) is 0. The summed E-state index contributed by atoms with van der Waals surface area (Å²) in [6.45, 7) is 2.31. The molecule has 3 heterocycles. The van der Waals surface area contributed by atoms with E-state index in [0.717, 1.165) is 17.7 Å². The summed E-state index contributed by atoms with van der Waals surface area (Å²) in [4.78, 5) is 35.8. The molecule has 0 bridgehead atoms. The minimum absolute atomic E-state index is 0.0107. The van der Waals surface area contributed by atoms with Crippen molar-refractivity contribution in [2.75, 3.05) is 26.7 Å². The summed E-state index contributed by atoms with van der Waals surface area (Å²) in [7, 11) is 1.79. The van der Waals surface area contributed by atoms with Gasteiger partial charge in [-0.1, -0.05) is 23.7 Å². The molecule has 2 saturated heterocycles. The zero-order valence-electron chi connectivity index (χ0n) is 16.8. The largest absolute Gasteiger partial charge is 0.340 e. The highest BCUT2D eigenvalue weighted by atomic mass is 35.5. The van der Waals surface area contributed by atoms with E-state index in [1.807, 2.05) is 12.1 Å². The van der Waals surface area contributed by atoms with Crippen molar-refractivity contribution in [2.45, 2.75) is 25.6 Å². The molecule has 2 aliphatic heterocycles. The number of pyridine rings is 1. The standard InChI is InChI=1S/C22H24ClFN4O2/c1-26-20-6-8-27(11-15-4-5-19(24)18(23)9-15)13-17(20)22(30)28(14-21(26)29)12-16-3-2-7-25-10-16/h2-5,7,9-10,17,20H,6,8,11-14H2,1H3/t17-,20+/m0/s1. The van der Waals surface area contributed by atoms with Gasteiger partial charge in [-0.25, -0.2) is 4.39 Å². The van der Waals surface area contributed by atoms with Gasteiger partial charge in [0.1, 0.15) is 12.4 Å². The van der Waals surface area contributed by atoms with Crippen molar-refractivity contribution in [1.29, 1.82) is 0 Å². The van der Waals surface area contributed by atoms with Crippen LogP contribution in [0.1, 0.15) is 17.5 Å². The molecule has 1 aromatic heterocycles. The second-order valence-electron chi connectivity index (χ2n) is 8.01. The fourth-order valence-corrected chi connectivity index (χ4v) is 4.57. The quantitative estimate of drug-likeness (QED) is 0.748. The van der Waals surface area contributed by atoms with Crippen molar-refractivity contribution in [3.8, 4) is 0 Å². The summed E-state index contributed by atoms with van der Waals surface area (Å²) in [5.41, 5.74) is 1.80. The minimum atomic E-state index is -0.441. The van der Waals surface area contributed by atoms with Gasteiger partial charge in [-0.2, -0.15) is 0 Å². The second kappa shape index (κ2) is 8.70. The third kappa shape index (κ3) is 4.32. The highest BCUT2D eigenvalue weighted by Gasteiger charge is 2.43. The third-order valence-corrected chi connectivity index (χ3v) is 6.28. The van der Waals surface area contributed by atoms with Crippen LogP contribution >= 0.6 is 11.6 Å². The van der Waals surface area contributed by atoms with Crippen LogP contribution in [0.5, 0.6) is 0 Å². The van der Waals surface area contributed by atoms with Crippen LogP contribution in [-0.4, -0.2) is 64.2 Å². The van der Waals surface area contributed by atoms with E-state index in [1.54, 1.807) is 41.4 Å². The zero-order valence-corrected chi connectivity index (χ0v) is 17.6. The van der Waals surface area contributed by atoms with E-state index in [9.17, 15) is 14.0 Å². The van der Waals surface area contributed by atoms with Crippen molar-refractivity contribution in [3.05, 3.63) is 64.7 Å². The maximum atomic E-state index is 13.5. The fraction of sp³-hybridized carbons (Fsp3) is 0.409. The third-order valence-electron chi connectivity index (χ3n) is 5.99. The molecule has 0 aliphatic carbocycles. The Morgan fingerprint density at radius 1 is 1.20 bits per heavy atom. The number of nitrogens with zero attached hydrogens (tertiary/aromatic N) is 4. The number of aromatic nitrogens is 1. The lowest BCUT2D eigenvalue weighted by molar-refractivity contribution is -0.138. The Kier molecular flexibility index (Phi) is 6.01. The number of amides is 2. The summed E-state index contributed by atoms with van der Waals surface area (Å²) in [6, 6.07) is 8.32. The van der Waals surface area contributed by atoms with Crippen molar-refractivity contribution in [2.24, 2.45) is 5.92 Å². The number of halogens is 2. The van der Waals surface area contributed by atoms with Gasteiger partial charge in [0.05, 0.1) is 10.9 Å². The highest BCUT2D eigenvalue weighted by Crippen LogP contribution is 2.28. The molecule has 2 aromatic rings. The molecule has 2 aliphatic rings. The summed E-state index contributed by atoms with van der Waals surface area (Å²) in [5, 5.41) is 0.0981. The molecule has 6 nitrogen and oxygen atoms in total. The number of carbonyl (C=O) groups excluding carboxylic acids is 2. The van der Waals surface area contributed by atoms with Gasteiger partial charge in [0.15, 0.2) is 0 Å². The molecule has 2 amide bonds. The number of likely N-dealkylation sites (tertiary alicyclic amines) is 1. The van der Waals surface area contributed by atoms with E-state index >= 15 is 0 Å². The fourth-order valence-electron chi connectivity index (χ4n) is 4.37. The first-order chi connectivity index (χ1) is 14.4. The topological polar surface area (TPSA) is 56.8 Å². The number of rotatable bonds is 4. The molecule has 0 unspecified atom stereocenters. The van der Waals surface area contributed by atoms with E-state index in [0.29, 0.717) is 26.1 Å². The Labute approximate surface area is 180 Å². The lowest BCUT2D eigenvalue weighted by Crippen LogP contribution is -2.53. The minimum Gasteiger partial charge on any atom is -0.340 e. The summed E-state index contributed by atoms with van der Waals surface area (Å²) in [5.74, 6) is -0.797. The van der Waals surface area contributed by atoms with Gasteiger partial charge in [-0.05, 0) is 35.7 Å². The smallest absolute Gasteiger partial charge is 0.242 e. The van der Waals surface area contributed by atoms with Crippen molar-refractivity contribution >= 4 is 23.4 Å². The molecule has 8 heteroatoms. The van der Waals surface area contributed by atoms with Gasteiger partial charge in [0.25, 0.3) is 0 Å². The predicted molar refractivity (Wildman–Crippen MR) is 111 cm³/mol. The van der Waals surface area contributed by atoms with Crippen LogP contribution in [0.2, 0.25) is 5.02 Å². The van der Waals surface area contributed by atoms with Gasteiger partial charge >= 0.3 is 0 Å². The average molecular weight is 431 g/mol. The van der Waals surface area contributed by atoms with Crippen molar-refractivity contribution in [1.82, 2.24) is 19.7 Å². The Balaban J connectivity index is 1.52. The first-order valence-corrected chi connectivity index (χ1v) is 10.4. The number of carbonyl (C=O) groups is 2. The first-order valence-electron chi connectivity index (χ1n) is 10.0. The van der Waals surface area contributed by atoms with E-state index < -0.39 is 5.82 Å². The average Bonchev–Trinajstić information content (AvgIpc) is 2.83. The lowest BCUT2D eigenvalue weighted by atomic mass is 9.90. The normalized spacial score (nSPS) is 22.8. The molecular formula is C22H24ClFN4O2. The number of fused-ring (bicyclic) bond motifs is 1. The Hall–Kier alpha value is -2.51. The Morgan fingerprint density at radius 3 is 2.77 bits per heavy atom. The maximum Gasteiger partial charge on any atom is 0.242 e. The summed E-state index contributed by atoms with van der Waals surface area (Å²) >= 11 is 5.91. The van der Waals surface area contributed by atoms with Gasteiger partial charge in [-0.15, -0.1) is 0 Å². The molecule has 30 heavy (non-hydrogen) atoms. The molecule has 2 fully saturated rings. The Bertz CT molecular complexity index is 942. The number of benzene rings is 1. The van der Waals surface area contributed by atoms with Crippen LogP contribution in [0, 0.1) is 11.7 Å². The molecular weight excluding hydrogens is 407 g/mol. The molecule has 0 N–H and O–H groups in total. The van der Waals surface area contributed by atoms with E-state index in [4.69, 9.17) is 11.6 Å². The number of piperidine rings is 1. The molecule has 4 rings (SSSR count). The molecule has 1 aromatic carbocycles. The molecule has 2 atom stereocenters. The van der Waals surface area contributed by atoms with Gasteiger partial charge < -0.3 is 9.80 Å². The maximum absolute atomic E-state index is 13.5. The van der Waals surface area contributed by atoms with Crippen LogP contribution in [0.3, 0.4) is 0 Å². The van der Waals surface area contributed by atoms with E-state index in [2.05, 4.69) is 9.88 Å². The van der Waals surface area contributed by atoms with E-state index in [-0.39, 0.29) is 35.3 Å². The van der Waals surface area contributed by atoms with Gasteiger partial charge in [0, 0.05) is 51.7 Å². The summed E-state index contributed by atoms with van der Waals surface area (Å²) in [6.07, 6.45) is 4.12. The zero-order chi connectivity index (χ0) is 21.3. The van der Waals surface area contributed by atoms with Crippen molar-refractivity contribution in [3.63, 3.8) is 0 Å². The number of hydrogen-bond acceptors (Lipinski definition) is 4. The van der Waals surface area contributed by atoms with Crippen LogP contribution in [0.4, 0.5) is 4.39 Å². The highest BCUT2D eigenvalue weighted by molar-refractivity contribution is 6.30. The SMILES string of the molecule is CN1C(=O)CN(Cc2cccnc2)C(=O)[C@H]2CN(Cc3ccc(F)c(Cl)c3)CC[C@H]21. The van der Waals surface area contributed by atoms with Gasteiger partial charge in [0.2, 0.25) is 11.8 Å². The van der Waals surface area contributed by atoms with Gasteiger partial charge in [-0.3, -0.25) is 19.5 Å². The molecule has 0 radical (unpaired) electrons. The van der Waals surface area contributed by atoms with Crippen LogP contribution in [-0.2, 0) is 22.7 Å². The molecule has 0 saturated carbocycles. The predicted octanol–water partition coefficient (Wildman–Crippen LogP) is 2.57. The number of likely N-dealkylation sites (N-methyl/N-ethyl adjacent to an activating group) is 1. The lowest BCUT2D eigenvalue weighted by Gasteiger charge is -2.40. The molecule has 0 spiro atoms. The second-order valence-corrected chi connectivity index (χ2v) is 8.41. The van der Waals surface area contributed by atoms with Crippen molar-refractivity contribution < 1.29 is 14.0 Å². The van der Waals surface area contributed by atoms with Crippen LogP contribution < -0.4 is 0 Å². The van der Waals surface area contributed by atoms with Crippen LogP contribution in [0.15, 0.2) is 42.7 Å². The summed E-state index contributed by atoms with van der Waals surface area (Å²) < 4.78 is 13.5. The van der Waals surface area contributed by atoms with Crippen LogP contribution in [0.25, 0.3) is 0 Å². The Morgan fingerprint density at radius 2 is 2.03 bits per heavy atom.